The van der Waals surface area contributed by atoms with Crippen LogP contribution in [0, 0.1) is 6.92 Å². The highest BCUT2D eigenvalue weighted by molar-refractivity contribution is 7.99. The second kappa shape index (κ2) is 7.84. The van der Waals surface area contributed by atoms with Crippen molar-refractivity contribution in [1.29, 1.82) is 0 Å². The number of benzene rings is 1. The van der Waals surface area contributed by atoms with Gasteiger partial charge in [-0.2, -0.15) is 0 Å². The molecule has 2 rings (SSSR count). The highest BCUT2D eigenvalue weighted by atomic mass is 32.2. The van der Waals surface area contributed by atoms with Crippen LogP contribution >= 0.6 is 11.8 Å². The largest absolute Gasteiger partial charge is 0.493 e. The van der Waals surface area contributed by atoms with E-state index in [4.69, 9.17) is 4.74 Å². The van der Waals surface area contributed by atoms with E-state index in [2.05, 4.69) is 10.2 Å². The van der Waals surface area contributed by atoms with Gasteiger partial charge in [-0.15, -0.1) is 10.2 Å². The highest BCUT2D eigenvalue weighted by Gasteiger charge is 2.13. The Kier molecular flexibility index (Phi) is 5.83. The Morgan fingerprint density at radius 2 is 2.00 bits per heavy atom. The first-order valence-corrected chi connectivity index (χ1v) is 7.97. The summed E-state index contributed by atoms with van der Waals surface area (Å²) < 4.78 is 7.47. The average molecular weight is 320 g/mol. The van der Waals surface area contributed by atoms with Gasteiger partial charge in [0.2, 0.25) is 5.91 Å². The van der Waals surface area contributed by atoms with Crippen LogP contribution in [0.15, 0.2) is 35.5 Å². The number of aryl methyl sites for hydroxylation is 1. The predicted octanol–water partition coefficient (Wildman–Crippen LogP) is 1.85. The number of amides is 1. The molecule has 0 aliphatic heterocycles. The van der Waals surface area contributed by atoms with Gasteiger partial charge >= 0.3 is 0 Å². The summed E-state index contributed by atoms with van der Waals surface area (Å²) in [4.78, 5) is 13.4. The molecule has 0 radical (unpaired) electrons. The fourth-order valence-corrected chi connectivity index (χ4v) is 2.54. The Labute approximate surface area is 134 Å². The lowest BCUT2D eigenvalue weighted by molar-refractivity contribution is -0.129. The smallest absolute Gasteiger partial charge is 0.242 e. The Hall–Kier alpha value is -2.02. The minimum Gasteiger partial charge on any atom is -0.493 e. The number of aromatic nitrogens is 3. The van der Waals surface area contributed by atoms with Gasteiger partial charge in [0.25, 0.3) is 0 Å². The Balaban J connectivity index is 1.86. The summed E-state index contributed by atoms with van der Waals surface area (Å²) in [6.07, 6.45) is 0. The maximum absolute atomic E-state index is 11.8. The van der Waals surface area contributed by atoms with Crippen molar-refractivity contribution in [3.05, 3.63) is 36.2 Å². The van der Waals surface area contributed by atoms with Crippen LogP contribution in [0.25, 0.3) is 0 Å². The second-order valence-corrected chi connectivity index (χ2v) is 5.98. The molecule has 0 bridgehead atoms. The normalized spacial score (nSPS) is 10.5. The summed E-state index contributed by atoms with van der Waals surface area (Å²) in [7, 11) is 3.48. The molecule has 1 aromatic heterocycles. The molecule has 0 fully saturated rings. The summed E-state index contributed by atoms with van der Waals surface area (Å²) in [5, 5.41) is 8.91. The number of carbonyl (C=O) groups is 1. The maximum Gasteiger partial charge on any atom is 0.242 e. The minimum absolute atomic E-state index is 0.0188. The van der Waals surface area contributed by atoms with E-state index in [1.54, 1.807) is 19.0 Å². The van der Waals surface area contributed by atoms with Crippen molar-refractivity contribution < 1.29 is 9.53 Å². The van der Waals surface area contributed by atoms with E-state index >= 15 is 0 Å². The molecular weight excluding hydrogens is 300 g/mol. The van der Waals surface area contributed by atoms with Gasteiger partial charge in [-0.1, -0.05) is 30.0 Å². The van der Waals surface area contributed by atoms with Crippen LogP contribution in [0.2, 0.25) is 0 Å². The van der Waals surface area contributed by atoms with Gasteiger partial charge in [-0.3, -0.25) is 9.36 Å². The number of rotatable bonds is 7. The van der Waals surface area contributed by atoms with Gasteiger partial charge in [0.05, 0.1) is 6.61 Å². The lowest BCUT2D eigenvalue weighted by atomic mass is 10.3. The van der Waals surface area contributed by atoms with Gasteiger partial charge in [-0.25, -0.2) is 0 Å². The molecule has 0 aliphatic carbocycles. The van der Waals surface area contributed by atoms with Gasteiger partial charge in [0.1, 0.15) is 18.1 Å². The standard InChI is InChI=1S/C15H20N4O2S/c1-12-16-17-15(19(12)11-14(20)18(2)3)22-10-9-21-13-7-5-4-6-8-13/h4-8H,9-11H2,1-3H3. The molecule has 6 nitrogen and oxygen atoms in total. The average Bonchev–Trinajstić information content (AvgIpc) is 2.85. The highest BCUT2D eigenvalue weighted by Crippen LogP contribution is 2.17. The van der Waals surface area contributed by atoms with E-state index in [1.165, 1.54) is 11.8 Å². The molecule has 7 heteroatoms. The molecule has 118 valence electrons. The third-order valence-electron chi connectivity index (χ3n) is 3.02. The van der Waals surface area contributed by atoms with Gasteiger partial charge in [0, 0.05) is 19.8 Å². The predicted molar refractivity (Wildman–Crippen MR) is 86.1 cm³/mol. The van der Waals surface area contributed by atoms with Crippen molar-refractivity contribution in [2.24, 2.45) is 0 Å². The van der Waals surface area contributed by atoms with Gasteiger partial charge in [-0.05, 0) is 19.1 Å². The monoisotopic (exact) mass is 320 g/mol. The molecule has 0 saturated heterocycles. The van der Waals surface area contributed by atoms with Crippen LogP contribution in [0.1, 0.15) is 5.82 Å². The van der Waals surface area contributed by atoms with Crippen LogP contribution in [-0.2, 0) is 11.3 Å². The lowest BCUT2D eigenvalue weighted by Gasteiger charge is -2.13. The SMILES string of the molecule is Cc1nnc(SCCOc2ccccc2)n1CC(=O)N(C)C. The van der Waals surface area contributed by atoms with Crippen LogP contribution < -0.4 is 4.74 Å². The summed E-state index contributed by atoms with van der Waals surface area (Å²) in [6.45, 7) is 2.68. The zero-order valence-electron chi connectivity index (χ0n) is 13.0. The molecule has 0 aliphatic rings. The van der Waals surface area contributed by atoms with Crippen molar-refractivity contribution in [3.63, 3.8) is 0 Å². The molecule has 0 unspecified atom stereocenters. The number of hydrogen-bond donors (Lipinski definition) is 0. The van der Waals surface area contributed by atoms with Crippen molar-refractivity contribution in [3.8, 4) is 5.75 Å². The molecule has 1 aromatic carbocycles. The Morgan fingerprint density at radius 1 is 1.27 bits per heavy atom. The summed E-state index contributed by atoms with van der Waals surface area (Å²) in [6, 6.07) is 9.68. The van der Waals surface area contributed by atoms with Crippen molar-refractivity contribution in [2.75, 3.05) is 26.5 Å². The van der Waals surface area contributed by atoms with Crippen molar-refractivity contribution in [1.82, 2.24) is 19.7 Å². The molecular formula is C15H20N4O2S. The van der Waals surface area contributed by atoms with E-state index in [9.17, 15) is 4.79 Å². The molecule has 2 aromatic rings. The molecule has 0 atom stereocenters. The number of ether oxygens (including phenoxy) is 1. The van der Waals surface area contributed by atoms with E-state index in [1.807, 2.05) is 41.8 Å². The topological polar surface area (TPSA) is 60.3 Å². The fourth-order valence-electron chi connectivity index (χ4n) is 1.74. The Morgan fingerprint density at radius 3 is 2.68 bits per heavy atom. The first-order valence-electron chi connectivity index (χ1n) is 6.98. The molecule has 1 amide bonds. The Bertz CT molecular complexity index is 613. The summed E-state index contributed by atoms with van der Waals surface area (Å²) >= 11 is 1.53. The van der Waals surface area contributed by atoms with E-state index in [-0.39, 0.29) is 12.5 Å². The van der Waals surface area contributed by atoms with Crippen LogP contribution in [-0.4, -0.2) is 52.0 Å². The van der Waals surface area contributed by atoms with Gasteiger partial charge < -0.3 is 9.64 Å². The first-order chi connectivity index (χ1) is 10.6. The van der Waals surface area contributed by atoms with Crippen LogP contribution in [0.4, 0.5) is 0 Å². The molecule has 1 heterocycles. The molecule has 22 heavy (non-hydrogen) atoms. The zero-order valence-corrected chi connectivity index (χ0v) is 13.8. The summed E-state index contributed by atoms with van der Waals surface area (Å²) in [5.41, 5.74) is 0. The number of likely N-dealkylation sites (N-methyl/N-ethyl adjacent to an activating group) is 1. The summed E-state index contributed by atoms with van der Waals surface area (Å²) in [5.74, 6) is 2.35. The van der Waals surface area contributed by atoms with Gasteiger partial charge in [0.15, 0.2) is 5.16 Å². The quantitative estimate of drug-likeness (QED) is 0.575. The number of nitrogens with zero attached hydrogens (tertiary/aromatic N) is 4. The molecule has 0 N–H and O–H groups in total. The fraction of sp³-hybridized carbons (Fsp3) is 0.400. The maximum atomic E-state index is 11.8. The van der Waals surface area contributed by atoms with Crippen molar-refractivity contribution in [2.45, 2.75) is 18.6 Å². The number of hydrogen-bond acceptors (Lipinski definition) is 5. The van der Waals surface area contributed by atoms with E-state index in [0.29, 0.717) is 6.61 Å². The third-order valence-corrected chi connectivity index (χ3v) is 3.95. The minimum atomic E-state index is 0.0188. The molecule has 0 spiro atoms. The zero-order chi connectivity index (χ0) is 15.9. The molecule has 0 saturated carbocycles. The van der Waals surface area contributed by atoms with Crippen LogP contribution in [0.3, 0.4) is 0 Å². The number of carbonyl (C=O) groups excluding carboxylic acids is 1. The first kappa shape index (κ1) is 16.4. The van der Waals surface area contributed by atoms with E-state index < -0.39 is 0 Å². The van der Waals surface area contributed by atoms with Crippen LogP contribution in [0.5, 0.6) is 5.75 Å². The number of para-hydroxylation sites is 1. The second-order valence-electron chi connectivity index (χ2n) is 4.91. The van der Waals surface area contributed by atoms with E-state index in [0.717, 1.165) is 22.5 Å². The third kappa shape index (κ3) is 4.49. The number of thioether (sulfide) groups is 1. The lowest BCUT2D eigenvalue weighted by Crippen LogP contribution is -2.27. The van der Waals surface area contributed by atoms with Crippen molar-refractivity contribution >= 4 is 17.7 Å².